The Balaban J connectivity index is 2.15. The minimum Gasteiger partial charge on any atom is -0.316 e. The summed E-state index contributed by atoms with van der Waals surface area (Å²) in [6, 6.07) is 22.4. The molecule has 0 amide bonds. The zero-order valence-corrected chi connectivity index (χ0v) is 16.5. The molecule has 2 rings (SSSR count). The van der Waals surface area contributed by atoms with Crippen molar-refractivity contribution < 1.29 is 0 Å². The van der Waals surface area contributed by atoms with Crippen LogP contribution in [0.5, 0.6) is 0 Å². The largest absolute Gasteiger partial charge is 0.316 e. The third-order valence-electron chi connectivity index (χ3n) is 4.34. The number of rotatable bonds is 9. The summed E-state index contributed by atoms with van der Waals surface area (Å²) in [5.41, 5.74) is 2.75. The average Bonchev–Trinajstić information content (AvgIpc) is 2.65. The Labute approximate surface area is 154 Å². The first kappa shape index (κ1) is 19.4. The maximum atomic E-state index is 3.42. The molecule has 2 aromatic rings. The van der Waals surface area contributed by atoms with Crippen molar-refractivity contribution >= 4 is 21.6 Å². The number of hydrogen-bond acceptors (Lipinski definition) is 4. The van der Waals surface area contributed by atoms with Gasteiger partial charge in [0.05, 0.1) is 10.5 Å². The topological polar surface area (TPSA) is 24.1 Å². The van der Waals surface area contributed by atoms with Crippen LogP contribution in [0.1, 0.15) is 35.5 Å². The smallest absolute Gasteiger partial charge is 0.0551 e. The SMILES string of the molecule is CNC(C)C(SSC(c1ccccc1)C(C)NC)c1ccccc1. The Morgan fingerprint density at radius 3 is 1.25 bits per heavy atom. The molecule has 130 valence electrons. The normalized spacial score (nSPS) is 16.3. The zero-order valence-electron chi connectivity index (χ0n) is 14.9. The number of benzene rings is 2. The van der Waals surface area contributed by atoms with E-state index in [0.717, 1.165) is 0 Å². The molecule has 24 heavy (non-hydrogen) atoms. The van der Waals surface area contributed by atoms with Crippen LogP contribution in [0.2, 0.25) is 0 Å². The van der Waals surface area contributed by atoms with Crippen LogP contribution in [0, 0.1) is 0 Å². The molecule has 4 atom stereocenters. The molecule has 0 spiro atoms. The van der Waals surface area contributed by atoms with Crippen molar-refractivity contribution in [2.24, 2.45) is 0 Å². The highest BCUT2D eigenvalue weighted by Crippen LogP contribution is 2.48. The summed E-state index contributed by atoms with van der Waals surface area (Å²) >= 11 is 0. The van der Waals surface area contributed by atoms with E-state index in [9.17, 15) is 0 Å². The van der Waals surface area contributed by atoms with Crippen molar-refractivity contribution in [3.63, 3.8) is 0 Å². The van der Waals surface area contributed by atoms with Crippen LogP contribution in [0.4, 0.5) is 0 Å². The molecule has 2 nitrogen and oxygen atoms in total. The fourth-order valence-corrected chi connectivity index (χ4v) is 6.33. The van der Waals surface area contributed by atoms with Gasteiger partial charge in [-0.25, -0.2) is 0 Å². The lowest BCUT2D eigenvalue weighted by Crippen LogP contribution is -2.28. The van der Waals surface area contributed by atoms with E-state index >= 15 is 0 Å². The van der Waals surface area contributed by atoms with Crippen LogP contribution in [-0.2, 0) is 0 Å². The van der Waals surface area contributed by atoms with Crippen molar-refractivity contribution in [1.82, 2.24) is 10.6 Å². The Morgan fingerprint density at radius 1 is 0.625 bits per heavy atom. The first-order valence-electron chi connectivity index (χ1n) is 8.44. The second-order valence-electron chi connectivity index (χ2n) is 6.01. The summed E-state index contributed by atoms with van der Waals surface area (Å²) in [6.45, 7) is 4.51. The Kier molecular flexibility index (Phi) is 8.19. The first-order valence-corrected chi connectivity index (χ1v) is 10.7. The molecule has 0 saturated heterocycles. The monoisotopic (exact) mass is 360 g/mol. The van der Waals surface area contributed by atoms with Crippen LogP contribution in [0.25, 0.3) is 0 Å². The zero-order chi connectivity index (χ0) is 17.4. The first-order chi connectivity index (χ1) is 11.7. The van der Waals surface area contributed by atoms with Gasteiger partial charge >= 0.3 is 0 Å². The van der Waals surface area contributed by atoms with Crippen molar-refractivity contribution in [3.8, 4) is 0 Å². The van der Waals surface area contributed by atoms with Gasteiger partial charge in [-0.15, -0.1) is 0 Å². The van der Waals surface area contributed by atoms with E-state index in [-0.39, 0.29) is 0 Å². The highest BCUT2D eigenvalue weighted by atomic mass is 33.1. The van der Waals surface area contributed by atoms with Crippen molar-refractivity contribution in [2.45, 2.75) is 36.4 Å². The van der Waals surface area contributed by atoms with Crippen LogP contribution in [-0.4, -0.2) is 26.2 Å². The van der Waals surface area contributed by atoms with Gasteiger partial charge in [0, 0.05) is 12.1 Å². The summed E-state index contributed by atoms with van der Waals surface area (Å²) in [4.78, 5) is 0. The molecule has 2 N–H and O–H groups in total. The van der Waals surface area contributed by atoms with Gasteiger partial charge in [-0.3, -0.25) is 0 Å². The molecule has 0 aliphatic rings. The van der Waals surface area contributed by atoms with Gasteiger partial charge in [0.1, 0.15) is 0 Å². The van der Waals surface area contributed by atoms with E-state index in [1.54, 1.807) is 0 Å². The third-order valence-corrected chi connectivity index (χ3v) is 7.80. The molecule has 0 aliphatic heterocycles. The molecule has 0 aliphatic carbocycles. The van der Waals surface area contributed by atoms with Crippen LogP contribution < -0.4 is 10.6 Å². The highest BCUT2D eigenvalue weighted by molar-refractivity contribution is 8.76. The van der Waals surface area contributed by atoms with Gasteiger partial charge in [-0.2, -0.15) is 0 Å². The standard InChI is InChI=1S/C20H28N2S2/c1-15(21-3)19(17-11-7-5-8-12-17)23-24-20(16(2)22-4)18-13-9-6-10-14-18/h5-16,19-22H,1-4H3. The van der Waals surface area contributed by atoms with E-state index in [2.05, 4.69) is 85.1 Å². The quantitative estimate of drug-likeness (QED) is 0.610. The maximum Gasteiger partial charge on any atom is 0.0551 e. The van der Waals surface area contributed by atoms with Gasteiger partial charge in [-0.1, -0.05) is 82.3 Å². The predicted molar refractivity (Wildman–Crippen MR) is 111 cm³/mol. The molecule has 4 heteroatoms. The second-order valence-corrected chi connectivity index (χ2v) is 8.57. The number of hydrogen-bond donors (Lipinski definition) is 2. The van der Waals surface area contributed by atoms with Gasteiger partial charge < -0.3 is 10.6 Å². The van der Waals surface area contributed by atoms with E-state index in [1.807, 2.05) is 35.7 Å². The maximum absolute atomic E-state index is 3.42. The summed E-state index contributed by atoms with van der Waals surface area (Å²) in [5.74, 6) is 0. The molecule has 0 aromatic heterocycles. The van der Waals surface area contributed by atoms with Gasteiger partial charge in [0.15, 0.2) is 0 Å². The summed E-state index contributed by atoms with van der Waals surface area (Å²) in [6.07, 6.45) is 0. The summed E-state index contributed by atoms with van der Waals surface area (Å²) < 4.78 is 0. The lowest BCUT2D eigenvalue weighted by Gasteiger charge is -2.28. The number of likely N-dealkylation sites (N-methyl/N-ethyl adjacent to an activating group) is 2. The van der Waals surface area contributed by atoms with Crippen molar-refractivity contribution in [3.05, 3.63) is 71.8 Å². The molecule has 0 saturated carbocycles. The molecular weight excluding hydrogens is 332 g/mol. The van der Waals surface area contributed by atoms with Crippen molar-refractivity contribution in [2.75, 3.05) is 14.1 Å². The summed E-state index contributed by atoms with van der Waals surface area (Å²) in [7, 11) is 8.01. The van der Waals surface area contributed by atoms with Gasteiger partial charge in [-0.05, 0) is 39.1 Å². The molecule has 0 fully saturated rings. The fourth-order valence-electron chi connectivity index (χ4n) is 2.56. The van der Waals surface area contributed by atoms with Crippen LogP contribution in [0.3, 0.4) is 0 Å². The van der Waals surface area contributed by atoms with Crippen LogP contribution >= 0.6 is 21.6 Å². The molecule has 2 aromatic carbocycles. The highest BCUT2D eigenvalue weighted by Gasteiger charge is 2.24. The lowest BCUT2D eigenvalue weighted by atomic mass is 10.1. The van der Waals surface area contributed by atoms with Gasteiger partial charge in [0.25, 0.3) is 0 Å². The molecule has 0 heterocycles. The third kappa shape index (κ3) is 5.28. The predicted octanol–water partition coefficient (Wildman–Crippen LogP) is 5.07. The number of nitrogens with one attached hydrogen (secondary N) is 2. The summed E-state index contributed by atoms with van der Waals surface area (Å²) in [5, 5.41) is 7.67. The minimum absolute atomic E-state index is 0.409. The molecule has 0 radical (unpaired) electrons. The van der Waals surface area contributed by atoms with Crippen LogP contribution in [0.15, 0.2) is 60.7 Å². The average molecular weight is 361 g/mol. The Hall–Kier alpha value is -0.940. The molecular formula is C20H28N2S2. The van der Waals surface area contributed by atoms with Crippen molar-refractivity contribution in [1.29, 1.82) is 0 Å². The second kappa shape index (κ2) is 10.1. The minimum atomic E-state index is 0.409. The molecule has 4 unspecified atom stereocenters. The molecule has 0 bridgehead atoms. The van der Waals surface area contributed by atoms with E-state index in [4.69, 9.17) is 0 Å². The lowest BCUT2D eigenvalue weighted by molar-refractivity contribution is 0.596. The van der Waals surface area contributed by atoms with E-state index < -0.39 is 0 Å². The van der Waals surface area contributed by atoms with E-state index in [1.165, 1.54) is 11.1 Å². The van der Waals surface area contributed by atoms with E-state index in [0.29, 0.717) is 22.6 Å². The fraction of sp³-hybridized carbons (Fsp3) is 0.400. The Morgan fingerprint density at radius 2 is 0.958 bits per heavy atom. The van der Waals surface area contributed by atoms with Gasteiger partial charge in [0.2, 0.25) is 0 Å². The Bertz CT molecular complexity index is 523.